The topological polar surface area (TPSA) is 35.6 Å². The van der Waals surface area contributed by atoms with Crippen LogP contribution in [0.15, 0.2) is 54.6 Å². The van der Waals surface area contributed by atoms with Crippen LogP contribution in [0.3, 0.4) is 0 Å². The van der Waals surface area contributed by atoms with E-state index in [9.17, 15) is 4.79 Å². The van der Waals surface area contributed by atoms with Crippen LogP contribution in [0.4, 0.5) is 5.69 Å². The Morgan fingerprint density at radius 3 is 2.34 bits per heavy atom. The number of carbonyl (C=O) groups is 1. The summed E-state index contributed by atoms with van der Waals surface area (Å²) in [5.74, 6) is 0.196. The van der Waals surface area contributed by atoms with Crippen LogP contribution >= 0.6 is 0 Å². The van der Waals surface area contributed by atoms with Gasteiger partial charge in [0.2, 0.25) is 0 Å². The molecule has 156 valence electrons. The fourth-order valence-corrected chi connectivity index (χ4v) is 4.43. The minimum atomic E-state index is -0.542. The number of carbonyl (C=O) groups excluding carboxylic acids is 1. The predicted molar refractivity (Wildman–Crippen MR) is 122 cm³/mol. The van der Waals surface area contributed by atoms with E-state index in [4.69, 9.17) is 0 Å². The molecule has 1 aliphatic heterocycles. The van der Waals surface area contributed by atoms with E-state index in [1.807, 2.05) is 44.4 Å². The van der Waals surface area contributed by atoms with E-state index >= 15 is 0 Å². The minimum Gasteiger partial charge on any atom is -0.366 e. The van der Waals surface area contributed by atoms with Crippen LogP contribution in [0.25, 0.3) is 0 Å². The maximum absolute atomic E-state index is 13.7. The second-order valence-electron chi connectivity index (χ2n) is 8.63. The van der Waals surface area contributed by atoms with Crippen molar-refractivity contribution in [2.45, 2.75) is 51.2 Å². The molecule has 29 heavy (non-hydrogen) atoms. The van der Waals surface area contributed by atoms with Crippen molar-refractivity contribution in [3.63, 3.8) is 0 Å². The Morgan fingerprint density at radius 1 is 1.10 bits per heavy atom. The summed E-state index contributed by atoms with van der Waals surface area (Å²) in [5, 5.41) is 3.52. The molecule has 2 aromatic carbocycles. The van der Waals surface area contributed by atoms with Gasteiger partial charge in [0.05, 0.1) is 5.54 Å². The highest BCUT2D eigenvalue weighted by Gasteiger charge is 2.39. The number of piperazine rings is 1. The second kappa shape index (κ2) is 9.10. The van der Waals surface area contributed by atoms with Gasteiger partial charge < -0.3 is 10.2 Å². The zero-order valence-corrected chi connectivity index (χ0v) is 18.5. The second-order valence-corrected chi connectivity index (χ2v) is 8.63. The van der Waals surface area contributed by atoms with Crippen LogP contribution in [-0.2, 0) is 6.42 Å². The average Bonchev–Trinajstić information content (AvgIpc) is 2.74. The third-order valence-electron chi connectivity index (χ3n) is 6.43. The average molecular weight is 394 g/mol. The first kappa shape index (κ1) is 21.5. The quantitative estimate of drug-likeness (QED) is 0.721. The lowest BCUT2D eigenvalue weighted by atomic mass is 9.80. The molecule has 1 aliphatic rings. The Balaban J connectivity index is 1.86. The molecule has 0 aliphatic carbocycles. The Kier molecular flexibility index (Phi) is 6.76. The molecular weight excluding hydrogens is 358 g/mol. The van der Waals surface area contributed by atoms with Crippen LogP contribution in [-0.4, -0.2) is 55.5 Å². The van der Waals surface area contributed by atoms with Gasteiger partial charge in [-0.2, -0.15) is 0 Å². The molecule has 3 unspecified atom stereocenters. The molecule has 4 heteroatoms. The van der Waals surface area contributed by atoms with Crippen molar-refractivity contribution in [1.82, 2.24) is 10.2 Å². The Morgan fingerprint density at radius 2 is 1.76 bits per heavy atom. The summed E-state index contributed by atoms with van der Waals surface area (Å²) in [6.07, 6.45) is 1.48. The van der Waals surface area contributed by atoms with Crippen molar-refractivity contribution in [2.75, 3.05) is 32.1 Å². The number of benzene rings is 2. The van der Waals surface area contributed by atoms with Crippen LogP contribution in [0.2, 0.25) is 0 Å². The minimum absolute atomic E-state index is 0.196. The van der Waals surface area contributed by atoms with Gasteiger partial charge in [0.15, 0.2) is 5.78 Å². The molecule has 1 N–H and O–H groups in total. The molecule has 3 rings (SSSR count). The molecule has 0 bridgehead atoms. The van der Waals surface area contributed by atoms with Gasteiger partial charge in [-0.25, -0.2) is 0 Å². The first-order valence-corrected chi connectivity index (χ1v) is 10.7. The fraction of sp³-hybridized carbons (Fsp3) is 0.480. The molecule has 0 spiro atoms. The number of nitrogens with one attached hydrogen (secondary N) is 1. The van der Waals surface area contributed by atoms with Crippen LogP contribution < -0.4 is 10.2 Å². The molecule has 1 fully saturated rings. The van der Waals surface area contributed by atoms with Gasteiger partial charge in [-0.15, -0.1) is 0 Å². The molecule has 0 amide bonds. The molecule has 2 aromatic rings. The van der Waals surface area contributed by atoms with Gasteiger partial charge in [0.25, 0.3) is 0 Å². The summed E-state index contributed by atoms with van der Waals surface area (Å²) < 4.78 is 0. The van der Waals surface area contributed by atoms with Gasteiger partial charge in [-0.3, -0.25) is 9.69 Å². The van der Waals surface area contributed by atoms with Gasteiger partial charge in [-0.05, 0) is 70.6 Å². The zero-order valence-electron chi connectivity index (χ0n) is 18.5. The molecule has 1 heterocycles. The summed E-state index contributed by atoms with van der Waals surface area (Å²) in [6.45, 7) is 8.54. The summed E-state index contributed by atoms with van der Waals surface area (Å²) in [6, 6.07) is 19.5. The highest BCUT2D eigenvalue weighted by Crippen LogP contribution is 2.29. The van der Waals surface area contributed by atoms with Gasteiger partial charge in [0, 0.05) is 36.4 Å². The Labute approximate surface area is 175 Å². The summed E-state index contributed by atoms with van der Waals surface area (Å²) in [7, 11) is 4.03. The standard InChI is InChI=1S/C25H35N3O/c1-6-25(27(4)5,16-21-10-8-7-9-11-21)24(29)22-12-14-23(15-13-22)28-18-19(2)26-17-20(28)3/h7-15,19-20,26H,6,16-18H2,1-5H3. The molecule has 0 radical (unpaired) electrons. The van der Waals surface area contributed by atoms with E-state index in [1.54, 1.807) is 0 Å². The van der Waals surface area contributed by atoms with Crippen LogP contribution in [0.1, 0.15) is 43.1 Å². The normalized spacial score (nSPS) is 21.8. The number of hydrogen-bond donors (Lipinski definition) is 1. The van der Waals surface area contributed by atoms with Crippen molar-refractivity contribution in [3.05, 3.63) is 65.7 Å². The van der Waals surface area contributed by atoms with E-state index in [0.717, 1.165) is 25.1 Å². The molecule has 1 saturated heterocycles. The zero-order chi connectivity index (χ0) is 21.0. The summed E-state index contributed by atoms with van der Waals surface area (Å²) in [5.41, 5.74) is 2.63. The van der Waals surface area contributed by atoms with Crippen molar-refractivity contribution in [2.24, 2.45) is 0 Å². The maximum Gasteiger partial charge on any atom is 0.183 e. The monoisotopic (exact) mass is 393 g/mol. The molecule has 4 nitrogen and oxygen atoms in total. The lowest BCUT2D eigenvalue weighted by molar-refractivity contribution is 0.0666. The highest BCUT2D eigenvalue weighted by molar-refractivity contribution is 6.03. The van der Waals surface area contributed by atoms with E-state index in [2.05, 4.69) is 60.2 Å². The lowest BCUT2D eigenvalue weighted by Gasteiger charge is -2.40. The van der Waals surface area contributed by atoms with E-state index in [0.29, 0.717) is 18.5 Å². The van der Waals surface area contributed by atoms with E-state index in [-0.39, 0.29) is 5.78 Å². The number of Topliss-reactive ketones (excluding diaryl/α,β-unsaturated/α-hetero) is 1. The smallest absolute Gasteiger partial charge is 0.183 e. The molecular formula is C25H35N3O. The highest BCUT2D eigenvalue weighted by atomic mass is 16.1. The SMILES string of the molecule is CCC(Cc1ccccc1)(C(=O)c1ccc(N2CC(C)NCC2C)cc1)N(C)C. The lowest BCUT2D eigenvalue weighted by Crippen LogP contribution is -2.54. The van der Waals surface area contributed by atoms with Crippen molar-refractivity contribution in [3.8, 4) is 0 Å². The van der Waals surface area contributed by atoms with Gasteiger partial charge in [-0.1, -0.05) is 37.3 Å². The van der Waals surface area contributed by atoms with Gasteiger partial charge in [0.1, 0.15) is 0 Å². The number of likely N-dealkylation sites (N-methyl/N-ethyl adjacent to an activating group) is 1. The first-order valence-electron chi connectivity index (χ1n) is 10.7. The summed E-state index contributed by atoms with van der Waals surface area (Å²) in [4.78, 5) is 18.2. The molecule has 0 saturated carbocycles. The van der Waals surface area contributed by atoms with E-state index < -0.39 is 5.54 Å². The summed E-state index contributed by atoms with van der Waals surface area (Å²) >= 11 is 0. The Hall–Kier alpha value is -2.17. The maximum atomic E-state index is 13.7. The predicted octanol–water partition coefficient (Wildman–Crippen LogP) is 4.01. The molecule has 3 atom stereocenters. The number of nitrogens with zero attached hydrogens (tertiary/aromatic N) is 2. The number of hydrogen-bond acceptors (Lipinski definition) is 4. The van der Waals surface area contributed by atoms with Crippen LogP contribution in [0.5, 0.6) is 0 Å². The number of rotatable bonds is 7. The first-order chi connectivity index (χ1) is 13.9. The third kappa shape index (κ3) is 4.54. The van der Waals surface area contributed by atoms with Crippen LogP contribution in [0, 0.1) is 0 Å². The van der Waals surface area contributed by atoms with Crippen molar-refractivity contribution < 1.29 is 4.79 Å². The van der Waals surface area contributed by atoms with Crippen molar-refractivity contribution >= 4 is 11.5 Å². The number of ketones is 1. The molecule has 0 aromatic heterocycles. The largest absolute Gasteiger partial charge is 0.366 e. The van der Waals surface area contributed by atoms with E-state index in [1.165, 1.54) is 11.3 Å². The third-order valence-corrected chi connectivity index (χ3v) is 6.43. The number of anilines is 1. The van der Waals surface area contributed by atoms with Crippen molar-refractivity contribution in [1.29, 1.82) is 0 Å². The van der Waals surface area contributed by atoms with Gasteiger partial charge >= 0.3 is 0 Å². The fourth-order valence-electron chi connectivity index (χ4n) is 4.43. The Bertz CT molecular complexity index is 803.